The van der Waals surface area contributed by atoms with Crippen molar-refractivity contribution >= 4 is 23.2 Å². The molecule has 110 valence electrons. The summed E-state index contributed by atoms with van der Waals surface area (Å²) < 4.78 is 0. The van der Waals surface area contributed by atoms with E-state index in [1.807, 2.05) is 18.4 Å². The number of carboxylic acid groups (broad SMARTS) is 1. The van der Waals surface area contributed by atoms with E-state index in [0.717, 1.165) is 5.56 Å². The van der Waals surface area contributed by atoms with Crippen molar-refractivity contribution < 1.29 is 14.7 Å². The molecule has 4 nitrogen and oxygen atoms in total. The molecule has 0 saturated carbocycles. The Bertz CT molecular complexity index is 651. The third-order valence-electron chi connectivity index (χ3n) is 3.59. The van der Waals surface area contributed by atoms with E-state index >= 15 is 0 Å². The molecule has 1 atom stereocenters. The van der Waals surface area contributed by atoms with Gasteiger partial charge in [-0.05, 0) is 29.9 Å². The first-order valence-electron chi connectivity index (χ1n) is 6.65. The van der Waals surface area contributed by atoms with Gasteiger partial charge in [-0.1, -0.05) is 37.3 Å². The molecule has 0 aliphatic heterocycles. The maximum absolute atomic E-state index is 12.4. The number of hydrogen-bond donors (Lipinski definition) is 2. The molecule has 1 aromatic carbocycles. The number of hydrogen-bond acceptors (Lipinski definition) is 3. The zero-order chi connectivity index (χ0) is 15.5. The second-order valence-corrected chi connectivity index (χ2v) is 5.60. The van der Waals surface area contributed by atoms with E-state index in [9.17, 15) is 14.7 Å². The summed E-state index contributed by atoms with van der Waals surface area (Å²) in [5, 5.41) is 16.0. The molecule has 0 bridgehead atoms. The van der Waals surface area contributed by atoms with Crippen LogP contribution in [0.25, 0.3) is 0 Å². The minimum atomic E-state index is -1.41. The van der Waals surface area contributed by atoms with Gasteiger partial charge in [0.15, 0.2) is 5.54 Å². The van der Waals surface area contributed by atoms with Gasteiger partial charge in [0.1, 0.15) is 0 Å². The van der Waals surface area contributed by atoms with Gasteiger partial charge >= 0.3 is 5.97 Å². The van der Waals surface area contributed by atoms with E-state index in [1.165, 1.54) is 11.3 Å². The Morgan fingerprint density at radius 3 is 2.38 bits per heavy atom. The summed E-state index contributed by atoms with van der Waals surface area (Å²) in [6.07, 6.45) is 0.265. The fourth-order valence-corrected chi connectivity index (χ4v) is 3.10. The van der Waals surface area contributed by atoms with Gasteiger partial charge in [0, 0.05) is 5.38 Å². The lowest BCUT2D eigenvalue weighted by atomic mass is 9.87. The SMILES string of the molecule is CCC(NC(=O)c1cscc1C)(C(=O)O)c1ccccc1. The highest BCUT2D eigenvalue weighted by Gasteiger charge is 2.40. The van der Waals surface area contributed by atoms with E-state index in [0.29, 0.717) is 11.1 Å². The largest absolute Gasteiger partial charge is 0.479 e. The van der Waals surface area contributed by atoms with Gasteiger partial charge in [-0.15, -0.1) is 0 Å². The van der Waals surface area contributed by atoms with E-state index < -0.39 is 11.5 Å². The number of carbonyl (C=O) groups is 2. The molecule has 0 radical (unpaired) electrons. The van der Waals surface area contributed by atoms with Gasteiger partial charge in [0.05, 0.1) is 5.56 Å². The molecule has 5 heteroatoms. The second kappa shape index (κ2) is 6.10. The highest BCUT2D eigenvalue weighted by atomic mass is 32.1. The Balaban J connectivity index is 2.41. The number of rotatable bonds is 5. The number of aliphatic carboxylic acids is 1. The molecule has 0 aliphatic rings. The number of benzene rings is 1. The molecule has 2 rings (SSSR count). The van der Waals surface area contributed by atoms with Crippen LogP contribution in [0.3, 0.4) is 0 Å². The monoisotopic (exact) mass is 303 g/mol. The number of thiophene rings is 1. The van der Waals surface area contributed by atoms with Crippen LogP contribution in [0.1, 0.15) is 34.8 Å². The summed E-state index contributed by atoms with van der Waals surface area (Å²) in [6.45, 7) is 3.59. The fraction of sp³-hybridized carbons (Fsp3) is 0.250. The standard InChI is InChI=1S/C16H17NO3S/c1-3-16(15(19)20,12-7-5-4-6-8-12)17-14(18)13-10-21-9-11(13)2/h4-10H,3H2,1-2H3,(H,17,18)(H,19,20). The summed E-state index contributed by atoms with van der Waals surface area (Å²) in [4.78, 5) is 24.2. The molecule has 1 amide bonds. The Hall–Kier alpha value is -2.14. The molecule has 21 heavy (non-hydrogen) atoms. The molecule has 0 spiro atoms. The van der Waals surface area contributed by atoms with E-state index in [2.05, 4.69) is 5.32 Å². The summed E-state index contributed by atoms with van der Waals surface area (Å²) in [5.41, 5.74) is 0.532. The van der Waals surface area contributed by atoms with Crippen LogP contribution >= 0.6 is 11.3 Å². The van der Waals surface area contributed by atoms with Crippen molar-refractivity contribution in [3.8, 4) is 0 Å². The van der Waals surface area contributed by atoms with Crippen molar-refractivity contribution in [2.24, 2.45) is 0 Å². The minimum absolute atomic E-state index is 0.265. The van der Waals surface area contributed by atoms with Crippen LogP contribution in [0.2, 0.25) is 0 Å². The first-order valence-corrected chi connectivity index (χ1v) is 7.59. The maximum Gasteiger partial charge on any atom is 0.334 e. The third-order valence-corrected chi connectivity index (χ3v) is 4.45. The summed E-state index contributed by atoms with van der Waals surface area (Å²) in [6, 6.07) is 8.79. The van der Waals surface area contributed by atoms with Crippen LogP contribution in [0.4, 0.5) is 0 Å². The second-order valence-electron chi connectivity index (χ2n) is 4.85. The zero-order valence-electron chi connectivity index (χ0n) is 11.9. The maximum atomic E-state index is 12.4. The Labute approximate surface area is 127 Å². The zero-order valence-corrected chi connectivity index (χ0v) is 12.7. The lowest BCUT2D eigenvalue weighted by Gasteiger charge is -2.30. The average Bonchev–Trinajstić information content (AvgIpc) is 2.91. The average molecular weight is 303 g/mol. The molecule has 2 aromatic rings. The van der Waals surface area contributed by atoms with Crippen molar-refractivity contribution in [2.45, 2.75) is 25.8 Å². The normalized spacial score (nSPS) is 13.4. The van der Waals surface area contributed by atoms with Crippen molar-refractivity contribution in [3.63, 3.8) is 0 Å². The molecule has 0 aliphatic carbocycles. The number of amides is 1. The van der Waals surface area contributed by atoms with Crippen molar-refractivity contribution in [3.05, 3.63) is 57.8 Å². The quantitative estimate of drug-likeness (QED) is 0.891. The van der Waals surface area contributed by atoms with Crippen LogP contribution in [0.15, 0.2) is 41.1 Å². The Kier molecular flexibility index (Phi) is 4.43. The first kappa shape index (κ1) is 15.3. The predicted octanol–water partition coefficient (Wildman–Crippen LogP) is 3.18. The molecule has 0 fully saturated rings. The summed E-state index contributed by atoms with van der Waals surface area (Å²) >= 11 is 1.42. The fourth-order valence-electron chi connectivity index (χ4n) is 2.27. The number of carboxylic acids is 1. The van der Waals surface area contributed by atoms with Crippen LogP contribution in [0, 0.1) is 6.92 Å². The Morgan fingerprint density at radius 1 is 1.24 bits per heavy atom. The van der Waals surface area contributed by atoms with Crippen molar-refractivity contribution in [1.29, 1.82) is 0 Å². The van der Waals surface area contributed by atoms with Crippen LogP contribution in [-0.2, 0) is 10.3 Å². The highest BCUT2D eigenvalue weighted by Crippen LogP contribution is 2.27. The van der Waals surface area contributed by atoms with Crippen molar-refractivity contribution in [2.75, 3.05) is 0 Å². The molecule has 1 unspecified atom stereocenters. The van der Waals surface area contributed by atoms with Crippen LogP contribution < -0.4 is 5.32 Å². The molecular formula is C16H17NO3S. The number of nitrogens with one attached hydrogen (secondary N) is 1. The van der Waals surface area contributed by atoms with Gasteiger partial charge < -0.3 is 10.4 Å². The number of carbonyl (C=O) groups excluding carboxylic acids is 1. The minimum Gasteiger partial charge on any atom is -0.479 e. The summed E-state index contributed by atoms with van der Waals surface area (Å²) in [7, 11) is 0. The first-order chi connectivity index (χ1) is 10.0. The van der Waals surface area contributed by atoms with Gasteiger partial charge in [0.2, 0.25) is 0 Å². The lowest BCUT2D eigenvalue weighted by Crippen LogP contribution is -2.51. The molecule has 1 heterocycles. The lowest BCUT2D eigenvalue weighted by molar-refractivity contribution is -0.145. The van der Waals surface area contributed by atoms with Crippen LogP contribution in [-0.4, -0.2) is 17.0 Å². The third kappa shape index (κ3) is 2.83. The van der Waals surface area contributed by atoms with Gasteiger partial charge in [-0.3, -0.25) is 4.79 Å². The number of aryl methyl sites for hydroxylation is 1. The smallest absolute Gasteiger partial charge is 0.334 e. The molecule has 2 N–H and O–H groups in total. The molecule has 0 saturated heterocycles. The van der Waals surface area contributed by atoms with E-state index in [1.54, 1.807) is 36.6 Å². The van der Waals surface area contributed by atoms with E-state index in [-0.39, 0.29) is 12.3 Å². The van der Waals surface area contributed by atoms with Crippen LogP contribution in [0.5, 0.6) is 0 Å². The highest BCUT2D eigenvalue weighted by molar-refractivity contribution is 7.08. The predicted molar refractivity (Wildman–Crippen MR) is 82.6 cm³/mol. The molecular weight excluding hydrogens is 286 g/mol. The van der Waals surface area contributed by atoms with Gasteiger partial charge in [0.25, 0.3) is 5.91 Å². The summed E-state index contributed by atoms with van der Waals surface area (Å²) in [5.74, 6) is -1.42. The van der Waals surface area contributed by atoms with Crippen molar-refractivity contribution in [1.82, 2.24) is 5.32 Å². The van der Waals surface area contributed by atoms with Gasteiger partial charge in [-0.25, -0.2) is 4.79 Å². The van der Waals surface area contributed by atoms with Gasteiger partial charge in [-0.2, -0.15) is 11.3 Å². The topological polar surface area (TPSA) is 66.4 Å². The Morgan fingerprint density at radius 2 is 1.90 bits per heavy atom. The molecule has 1 aromatic heterocycles. The van der Waals surface area contributed by atoms with E-state index in [4.69, 9.17) is 0 Å².